The molecule has 0 atom stereocenters. The van der Waals surface area contributed by atoms with Gasteiger partial charge in [-0.05, 0) is 35.4 Å². The number of benzene rings is 1. The molecule has 6 heterocycles. The first-order chi connectivity index (χ1) is 22.4. The third kappa shape index (κ3) is 9.87. The van der Waals surface area contributed by atoms with Gasteiger partial charge in [-0.1, -0.05) is 41.6 Å². The summed E-state index contributed by atoms with van der Waals surface area (Å²) in [5.74, 6) is -1.72. The smallest absolute Gasteiger partial charge is 0.480 e. The Balaban J connectivity index is 0.00000433. The number of carboxylic acid groups (broad SMARTS) is 2. The number of carbonyl (C=O) groups is 2. The molecule has 245 valence electrons. The third-order valence-corrected chi connectivity index (χ3v) is 8.46. The molecular weight excluding hydrogens is 745 g/mol. The van der Waals surface area contributed by atoms with Crippen molar-refractivity contribution < 1.29 is 58.4 Å². The molecule has 1 fully saturated rings. The number of carboxylic acids is 2. The molecule has 3 aliphatic rings. The molecule has 1 aromatic carbocycles. The van der Waals surface area contributed by atoms with Crippen molar-refractivity contribution in [1.29, 1.82) is 0 Å². The van der Waals surface area contributed by atoms with Crippen LogP contribution in [0.25, 0.3) is 22.5 Å². The second-order valence-electron chi connectivity index (χ2n) is 11.9. The van der Waals surface area contributed by atoms with Crippen LogP contribution in [0, 0.1) is 38.6 Å². The maximum Gasteiger partial charge on any atom is 4.00 e. The molecule has 3 aromatic heterocycles. The fraction of sp³-hybridized carbons (Fsp3) is 0.394. The van der Waals surface area contributed by atoms with E-state index < -0.39 is 11.9 Å². The zero-order valence-electron chi connectivity index (χ0n) is 26.1. The molecule has 13 nitrogen and oxygen atoms in total. The van der Waals surface area contributed by atoms with Crippen LogP contribution in [-0.4, -0.2) is 132 Å². The van der Waals surface area contributed by atoms with Gasteiger partial charge < -0.3 is 10.2 Å². The average Bonchev–Trinajstić information content (AvgIpc) is 3.50. The van der Waals surface area contributed by atoms with Gasteiger partial charge in [0, 0.05) is 65.4 Å². The molecule has 14 heteroatoms. The minimum Gasteiger partial charge on any atom is -0.480 e. The molecular formula is C33H39N9O4Tb+4. The van der Waals surface area contributed by atoms with E-state index in [0.717, 1.165) is 39.6 Å². The van der Waals surface area contributed by atoms with Crippen LogP contribution in [0.5, 0.6) is 0 Å². The monoisotopic (exact) mass is 784 g/mol. The number of aliphatic carboxylic acids is 2. The Labute approximate surface area is 304 Å². The predicted molar refractivity (Wildman–Crippen MR) is 171 cm³/mol. The van der Waals surface area contributed by atoms with Gasteiger partial charge in [0.25, 0.3) is 0 Å². The van der Waals surface area contributed by atoms with Gasteiger partial charge in [-0.25, -0.2) is 9.67 Å². The second-order valence-corrected chi connectivity index (χ2v) is 11.9. The third-order valence-electron chi connectivity index (χ3n) is 8.46. The van der Waals surface area contributed by atoms with Gasteiger partial charge in [0.15, 0.2) is 0 Å². The molecule has 0 spiro atoms. The maximum atomic E-state index is 11.8. The summed E-state index contributed by atoms with van der Waals surface area (Å²) in [5, 5.41) is 28.0. The second kappa shape index (κ2) is 16.7. The van der Waals surface area contributed by atoms with E-state index in [1.54, 1.807) is 6.20 Å². The predicted octanol–water partition coefficient (Wildman–Crippen LogP) is 1.85. The molecule has 0 saturated carbocycles. The van der Waals surface area contributed by atoms with Crippen molar-refractivity contribution in [3.63, 3.8) is 0 Å². The Morgan fingerprint density at radius 2 is 1.21 bits per heavy atom. The van der Waals surface area contributed by atoms with Crippen LogP contribution >= 0.6 is 0 Å². The average molecular weight is 785 g/mol. The van der Waals surface area contributed by atoms with Crippen molar-refractivity contribution in [2.45, 2.75) is 19.6 Å². The summed E-state index contributed by atoms with van der Waals surface area (Å²) in [4.78, 5) is 42.2. The fourth-order valence-corrected chi connectivity index (χ4v) is 6.10. The van der Waals surface area contributed by atoms with Crippen LogP contribution < -0.4 is 0 Å². The van der Waals surface area contributed by atoms with Crippen LogP contribution in [0.4, 0.5) is 0 Å². The number of aromatic nitrogens is 5. The molecule has 7 rings (SSSR count). The Morgan fingerprint density at radius 1 is 0.638 bits per heavy atom. The zero-order valence-corrected chi connectivity index (χ0v) is 28.3. The summed E-state index contributed by atoms with van der Waals surface area (Å²) in [7, 11) is 0. The van der Waals surface area contributed by atoms with Crippen molar-refractivity contribution in [1.82, 2.24) is 44.6 Å². The SMILES string of the molecule is O=C(O)CN1CCN2CCN(CC(=O)O)CCN(CC1)Cc1cccc(n1)-c1cnnn1Cc1cc(-c3ccccc3)cc(n1)C2.[Tb+4]. The van der Waals surface area contributed by atoms with Crippen molar-refractivity contribution in [2.24, 2.45) is 0 Å². The van der Waals surface area contributed by atoms with Crippen molar-refractivity contribution in [3.05, 3.63) is 83.9 Å². The standard InChI is InChI=1S/C33H39N9O4.Tb/c43-32(44)23-40-13-9-38-10-14-41(24-33(45)46)16-12-39(11-15-40)21-28-17-26(25-5-2-1-3-6-25)18-29(35-28)22-42-31(19-34-37-42)30-8-4-7-27(20-38)36-30;/h1-8,17-19H,9-16,20-24H2,(H,43,44)(H,45,46);/q;+4. The van der Waals surface area contributed by atoms with Crippen LogP contribution in [-0.2, 0) is 29.2 Å². The summed E-state index contributed by atoms with van der Waals surface area (Å²) >= 11 is 0. The van der Waals surface area contributed by atoms with Crippen molar-refractivity contribution >= 4 is 11.9 Å². The molecule has 1 saturated heterocycles. The Morgan fingerprint density at radius 3 is 1.81 bits per heavy atom. The fourth-order valence-electron chi connectivity index (χ4n) is 6.10. The molecule has 3 aliphatic heterocycles. The molecule has 0 aliphatic carbocycles. The van der Waals surface area contributed by atoms with Crippen LogP contribution in [0.2, 0.25) is 0 Å². The molecule has 2 N–H and O–H groups in total. The maximum absolute atomic E-state index is 11.8. The summed E-state index contributed by atoms with van der Waals surface area (Å²) in [6, 6.07) is 20.2. The molecule has 0 amide bonds. The number of hydrogen-bond acceptors (Lipinski definition) is 10. The largest absolute Gasteiger partial charge is 4.00 e. The van der Waals surface area contributed by atoms with Gasteiger partial charge >= 0.3 is 50.6 Å². The first-order valence-corrected chi connectivity index (χ1v) is 15.6. The summed E-state index contributed by atoms with van der Waals surface area (Å²) < 4.78 is 1.84. The van der Waals surface area contributed by atoms with Gasteiger partial charge in [0.1, 0.15) is 5.69 Å². The van der Waals surface area contributed by atoms with E-state index in [9.17, 15) is 19.8 Å². The van der Waals surface area contributed by atoms with Crippen LogP contribution in [0.3, 0.4) is 0 Å². The van der Waals surface area contributed by atoms with Gasteiger partial charge in [-0.15, -0.1) is 5.10 Å². The molecule has 4 aromatic rings. The number of pyridine rings is 2. The zero-order chi connectivity index (χ0) is 31.9. The van der Waals surface area contributed by atoms with E-state index in [0.29, 0.717) is 72.0 Å². The van der Waals surface area contributed by atoms with E-state index >= 15 is 0 Å². The van der Waals surface area contributed by atoms with Crippen LogP contribution in [0.1, 0.15) is 17.1 Å². The Hall–Kier alpha value is -3.27. The Kier molecular flexibility index (Phi) is 12.5. The van der Waals surface area contributed by atoms with Gasteiger partial charge in [0.05, 0.1) is 48.6 Å². The van der Waals surface area contributed by atoms with E-state index in [4.69, 9.17) is 9.97 Å². The topological polar surface area (TPSA) is 144 Å². The van der Waals surface area contributed by atoms with Gasteiger partial charge in [-0.3, -0.25) is 34.2 Å². The number of rotatable bonds is 5. The first-order valence-electron chi connectivity index (χ1n) is 15.6. The number of hydrogen-bond donors (Lipinski definition) is 2. The first kappa shape index (κ1) is 35.0. The summed E-state index contributed by atoms with van der Waals surface area (Å²) in [6.45, 7) is 6.03. The van der Waals surface area contributed by atoms with E-state index in [1.165, 1.54) is 0 Å². The normalized spacial score (nSPS) is 19.6. The minimum atomic E-state index is -0.860. The molecule has 47 heavy (non-hydrogen) atoms. The van der Waals surface area contributed by atoms with E-state index in [1.807, 2.05) is 50.9 Å². The van der Waals surface area contributed by atoms with Crippen molar-refractivity contribution in [3.8, 4) is 22.5 Å². The van der Waals surface area contributed by atoms with Gasteiger partial charge in [0.2, 0.25) is 0 Å². The molecule has 0 unspecified atom stereocenters. The van der Waals surface area contributed by atoms with Crippen molar-refractivity contribution in [2.75, 3.05) is 65.4 Å². The quantitative estimate of drug-likeness (QED) is 0.305. The number of fused-ring (bicyclic) bond motifs is 8. The Bertz CT molecular complexity index is 1620. The van der Waals surface area contributed by atoms with Crippen LogP contribution in [0.15, 0.2) is 66.9 Å². The molecule has 1 radical (unpaired) electrons. The van der Waals surface area contributed by atoms with E-state index in [-0.39, 0.29) is 51.7 Å². The van der Waals surface area contributed by atoms with E-state index in [2.05, 4.69) is 44.4 Å². The minimum absolute atomic E-state index is 0. The number of nitrogens with zero attached hydrogens (tertiary/aromatic N) is 9. The molecule has 6 bridgehead atoms. The summed E-state index contributed by atoms with van der Waals surface area (Å²) in [6.07, 6.45) is 1.72. The van der Waals surface area contributed by atoms with Gasteiger partial charge in [-0.2, -0.15) is 0 Å². The summed E-state index contributed by atoms with van der Waals surface area (Å²) in [5.41, 5.74) is 6.18.